The molecule has 0 radical (unpaired) electrons. The van der Waals surface area contributed by atoms with Crippen LogP contribution in [0, 0.1) is 0 Å². The van der Waals surface area contributed by atoms with Gasteiger partial charge in [-0.25, -0.2) is 0 Å². The Morgan fingerprint density at radius 2 is 1.80 bits per heavy atom. The van der Waals surface area contributed by atoms with E-state index in [0.29, 0.717) is 6.42 Å². The fourth-order valence-electron chi connectivity index (χ4n) is 0.568. The van der Waals surface area contributed by atoms with Crippen LogP contribution in [0.4, 0.5) is 0 Å². The topological polar surface area (TPSA) is 57.5 Å². The molecule has 0 unspecified atom stereocenters. The van der Waals surface area contributed by atoms with Crippen molar-refractivity contribution in [3.63, 3.8) is 0 Å². The van der Waals surface area contributed by atoms with E-state index in [1.165, 1.54) is 0 Å². The molecule has 10 heavy (non-hydrogen) atoms. The molecule has 0 aromatic carbocycles. The molecule has 2 N–H and O–H groups in total. The predicted molar refractivity (Wildman–Crippen MR) is 43.6 cm³/mol. The molecule has 0 atom stereocenters. The summed E-state index contributed by atoms with van der Waals surface area (Å²) in [7, 11) is -3.70. The molecule has 0 saturated heterocycles. The average molecular weight is 286 g/mol. The van der Waals surface area contributed by atoms with Gasteiger partial charge in [-0.05, 0) is 6.42 Å². The first-order chi connectivity index (χ1) is 4.06. The Hall–Kier alpha value is 2.20. The van der Waals surface area contributed by atoms with Crippen LogP contribution in [0.1, 0.15) is 26.2 Å². The summed E-state index contributed by atoms with van der Waals surface area (Å²) in [6.45, 7) is 2.00. The first-order valence-corrected chi connectivity index (χ1v) is 4.90. The molecule has 0 rings (SSSR count). The van der Waals surface area contributed by atoms with E-state index < -0.39 is 7.60 Å². The molecule has 0 aromatic heterocycles. The first kappa shape index (κ1) is 14.7. The fraction of sp³-hybridized carbons (Fsp3) is 1.00. The summed E-state index contributed by atoms with van der Waals surface area (Å²) in [5.74, 6) is 0. The zero-order valence-electron chi connectivity index (χ0n) is 5.58. The summed E-state index contributed by atoms with van der Waals surface area (Å²) in [6.07, 6.45) is 2.59. The van der Waals surface area contributed by atoms with Crippen LogP contribution in [0.2, 0.25) is 0 Å². The molecule has 0 aliphatic rings. The van der Waals surface area contributed by atoms with Gasteiger partial charge in [0.1, 0.15) is 0 Å². The van der Waals surface area contributed by atoms with Crippen LogP contribution in [0.3, 0.4) is 0 Å². The van der Waals surface area contributed by atoms with E-state index in [9.17, 15) is 4.57 Å². The minimum atomic E-state index is -3.70. The van der Waals surface area contributed by atoms with Gasteiger partial charge in [-0.15, -0.1) is 0 Å². The Morgan fingerprint density at radius 3 is 2.10 bits per heavy atom. The van der Waals surface area contributed by atoms with Crippen molar-refractivity contribution in [1.29, 1.82) is 0 Å². The number of unbranched alkanes of at least 4 members (excludes halogenated alkanes) is 2. The van der Waals surface area contributed by atoms with Gasteiger partial charge in [-0.1, -0.05) is 19.8 Å². The standard InChI is InChI=1S/C5H13O3P.Cs.H/c1-2-3-4-5-9(6,7)8;;/h2-5H2,1H3,(H2,6,7,8);;. The van der Waals surface area contributed by atoms with Crippen LogP contribution in [-0.2, 0) is 4.57 Å². The van der Waals surface area contributed by atoms with Crippen LogP contribution in [0.5, 0.6) is 0 Å². The molecular weight excluding hydrogens is 272 g/mol. The van der Waals surface area contributed by atoms with Crippen LogP contribution in [0.25, 0.3) is 0 Å². The monoisotopic (exact) mass is 286 g/mol. The van der Waals surface area contributed by atoms with E-state index in [1.54, 1.807) is 0 Å². The molecule has 0 heterocycles. The van der Waals surface area contributed by atoms with Gasteiger partial charge in [-0.3, -0.25) is 4.57 Å². The van der Waals surface area contributed by atoms with Gasteiger partial charge in [0.2, 0.25) is 0 Å². The molecule has 0 spiro atoms. The normalized spacial score (nSPS) is 10.7. The quantitative estimate of drug-likeness (QED) is 0.591. The molecule has 0 aliphatic heterocycles. The van der Waals surface area contributed by atoms with Gasteiger partial charge < -0.3 is 9.79 Å². The van der Waals surface area contributed by atoms with Crippen LogP contribution in [-0.4, -0.2) is 84.8 Å². The Kier molecular flexibility index (Phi) is 11.5. The number of hydrogen-bond donors (Lipinski definition) is 2. The molecule has 3 nitrogen and oxygen atoms in total. The molecule has 58 valence electrons. The molecule has 0 bridgehead atoms. The maximum atomic E-state index is 10.2. The maximum absolute atomic E-state index is 10.2. The Labute approximate surface area is 121 Å². The van der Waals surface area contributed by atoms with Gasteiger partial charge in [0.25, 0.3) is 0 Å². The van der Waals surface area contributed by atoms with Gasteiger partial charge in [0.15, 0.2) is 0 Å². The molecule has 5 heteroatoms. The van der Waals surface area contributed by atoms with Crippen molar-refractivity contribution in [3.05, 3.63) is 0 Å². The number of hydrogen-bond acceptors (Lipinski definition) is 1. The molecule has 0 saturated carbocycles. The molecule has 0 aliphatic carbocycles. The third-order valence-electron chi connectivity index (χ3n) is 1.05. The predicted octanol–water partition coefficient (Wildman–Crippen LogP) is 0.706. The molecule has 0 amide bonds. The average Bonchev–Trinajstić information content (AvgIpc) is 1.63. The third kappa shape index (κ3) is 12.8. The Bertz CT molecular complexity index is 111. The first-order valence-electron chi connectivity index (χ1n) is 3.11. The van der Waals surface area contributed by atoms with Crippen molar-refractivity contribution in [2.24, 2.45) is 0 Å². The SMILES string of the molecule is CCCCCP(=O)(O)O.[CsH]. The molecule has 0 fully saturated rings. The summed E-state index contributed by atoms with van der Waals surface area (Å²) < 4.78 is 10.2. The van der Waals surface area contributed by atoms with E-state index in [-0.39, 0.29) is 75.1 Å². The Balaban J connectivity index is 0. The van der Waals surface area contributed by atoms with Crippen LogP contribution >= 0.6 is 7.60 Å². The fourth-order valence-corrected chi connectivity index (χ4v) is 1.20. The second-order valence-corrected chi connectivity index (χ2v) is 3.87. The Morgan fingerprint density at radius 1 is 1.30 bits per heavy atom. The van der Waals surface area contributed by atoms with Gasteiger partial charge in [-0.2, -0.15) is 0 Å². The second kappa shape index (κ2) is 7.83. The van der Waals surface area contributed by atoms with Crippen molar-refractivity contribution >= 4 is 76.5 Å². The van der Waals surface area contributed by atoms with E-state index in [2.05, 4.69) is 0 Å². The van der Waals surface area contributed by atoms with Gasteiger partial charge in [0.05, 0.1) is 0 Å². The van der Waals surface area contributed by atoms with Crippen molar-refractivity contribution in [2.45, 2.75) is 26.2 Å². The number of rotatable bonds is 4. The summed E-state index contributed by atoms with van der Waals surface area (Å²) in [6, 6.07) is 0. The zero-order chi connectivity index (χ0) is 7.33. The summed E-state index contributed by atoms with van der Waals surface area (Å²) >= 11 is 0. The van der Waals surface area contributed by atoms with Gasteiger partial charge >= 0.3 is 76.5 Å². The zero-order valence-corrected chi connectivity index (χ0v) is 6.47. The third-order valence-corrected chi connectivity index (χ3v) is 1.95. The summed E-state index contributed by atoms with van der Waals surface area (Å²) in [5, 5.41) is 0. The van der Waals surface area contributed by atoms with Crippen molar-refractivity contribution in [3.8, 4) is 0 Å². The second-order valence-electron chi connectivity index (χ2n) is 2.10. The van der Waals surface area contributed by atoms with E-state index in [0.717, 1.165) is 12.8 Å². The van der Waals surface area contributed by atoms with Crippen LogP contribution in [0.15, 0.2) is 0 Å². The molecular formula is C5H14CsO3P. The summed E-state index contributed by atoms with van der Waals surface area (Å²) in [4.78, 5) is 16.7. The molecule has 0 aromatic rings. The van der Waals surface area contributed by atoms with Crippen LogP contribution < -0.4 is 0 Å². The van der Waals surface area contributed by atoms with Gasteiger partial charge in [0, 0.05) is 6.16 Å². The van der Waals surface area contributed by atoms with Crippen molar-refractivity contribution < 1.29 is 14.4 Å². The summed E-state index contributed by atoms with van der Waals surface area (Å²) in [5.41, 5.74) is 0. The van der Waals surface area contributed by atoms with E-state index >= 15 is 0 Å². The van der Waals surface area contributed by atoms with E-state index in [1.807, 2.05) is 6.92 Å². The van der Waals surface area contributed by atoms with Crippen molar-refractivity contribution in [2.75, 3.05) is 6.16 Å². The van der Waals surface area contributed by atoms with Crippen molar-refractivity contribution in [1.82, 2.24) is 0 Å². The minimum absolute atomic E-state index is 0. The van der Waals surface area contributed by atoms with E-state index in [4.69, 9.17) is 9.79 Å².